The molecule has 1 unspecified atom stereocenters. The second-order valence-corrected chi connectivity index (χ2v) is 3.93. The van der Waals surface area contributed by atoms with Gasteiger partial charge in [0.1, 0.15) is 5.75 Å². The Hall–Kier alpha value is -1.42. The van der Waals surface area contributed by atoms with Crippen LogP contribution in [-0.2, 0) is 0 Å². The Kier molecular flexibility index (Phi) is 2.68. The number of anilines is 2. The highest BCUT2D eigenvalue weighted by molar-refractivity contribution is 5.64. The zero-order chi connectivity index (χ0) is 10.8. The molecule has 1 aliphatic rings. The summed E-state index contributed by atoms with van der Waals surface area (Å²) in [5.74, 6) is 0.823. The molecule has 0 radical (unpaired) electrons. The number of methoxy groups -OCH3 is 1. The molecule has 4 N–H and O–H groups in total. The van der Waals surface area contributed by atoms with E-state index < -0.39 is 0 Å². The van der Waals surface area contributed by atoms with Gasteiger partial charge < -0.3 is 21.1 Å². The summed E-state index contributed by atoms with van der Waals surface area (Å²) < 4.78 is 5.31. The van der Waals surface area contributed by atoms with E-state index in [2.05, 4.69) is 4.90 Å². The minimum absolute atomic E-state index is 0.271. The van der Waals surface area contributed by atoms with Crippen molar-refractivity contribution in [2.75, 3.05) is 30.8 Å². The summed E-state index contributed by atoms with van der Waals surface area (Å²) in [6.07, 6.45) is 1.04. The molecule has 1 aromatic rings. The topological polar surface area (TPSA) is 64.5 Å². The van der Waals surface area contributed by atoms with Crippen molar-refractivity contribution in [1.29, 1.82) is 0 Å². The molecule has 2 rings (SSSR count). The molecule has 1 fully saturated rings. The summed E-state index contributed by atoms with van der Waals surface area (Å²) in [4.78, 5) is 2.24. The predicted molar refractivity (Wildman–Crippen MR) is 62.2 cm³/mol. The Morgan fingerprint density at radius 2 is 2.27 bits per heavy atom. The zero-order valence-corrected chi connectivity index (χ0v) is 8.94. The highest BCUT2D eigenvalue weighted by Gasteiger charge is 2.21. The summed E-state index contributed by atoms with van der Waals surface area (Å²) in [7, 11) is 1.66. The molecule has 1 aromatic carbocycles. The fraction of sp³-hybridized carbons (Fsp3) is 0.455. The van der Waals surface area contributed by atoms with Gasteiger partial charge in [0.05, 0.1) is 12.8 Å². The molecular formula is C11H17N3O. The van der Waals surface area contributed by atoms with E-state index in [9.17, 15) is 0 Å². The van der Waals surface area contributed by atoms with Crippen molar-refractivity contribution >= 4 is 11.4 Å². The molecular weight excluding hydrogens is 190 g/mol. The molecule has 4 heteroatoms. The van der Waals surface area contributed by atoms with Crippen LogP contribution < -0.4 is 21.1 Å². The van der Waals surface area contributed by atoms with Gasteiger partial charge in [-0.25, -0.2) is 0 Å². The maximum absolute atomic E-state index is 5.88. The Morgan fingerprint density at radius 1 is 1.47 bits per heavy atom. The lowest BCUT2D eigenvalue weighted by Crippen LogP contribution is -2.26. The number of nitrogens with zero attached hydrogens (tertiary/aromatic N) is 1. The number of nitrogens with two attached hydrogens (primary N) is 2. The van der Waals surface area contributed by atoms with Crippen molar-refractivity contribution in [2.45, 2.75) is 12.5 Å². The lowest BCUT2D eigenvalue weighted by molar-refractivity contribution is 0.415. The first kappa shape index (κ1) is 10.1. The van der Waals surface area contributed by atoms with Gasteiger partial charge in [0.15, 0.2) is 0 Å². The predicted octanol–water partition coefficient (Wildman–Crippen LogP) is 0.815. The molecule has 1 saturated heterocycles. The third-order valence-electron chi connectivity index (χ3n) is 2.77. The number of hydrogen-bond donors (Lipinski definition) is 2. The third-order valence-corrected chi connectivity index (χ3v) is 2.77. The van der Waals surface area contributed by atoms with Gasteiger partial charge in [0.25, 0.3) is 0 Å². The normalized spacial score (nSPS) is 20.7. The minimum Gasteiger partial charge on any atom is -0.495 e. The van der Waals surface area contributed by atoms with Crippen molar-refractivity contribution in [3.05, 3.63) is 18.2 Å². The fourth-order valence-electron chi connectivity index (χ4n) is 1.96. The summed E-state index contributed by atoms with van der Waals surface area (Å²) in [5, 5.41) is 0. The molecule has 1 heterocycles. The number of hydrogen-bond acceptors (Lipinski definition) is 4. The minimum atomic E-state index is 0.271. The van der Waals surface area contributed by atoms with Crippen molar-refractivity contribution in [1.82, 2.24) is 0 Å². The first-order chi connectivity index (χ1) is 7.20. The van der Waals surface area contributed by atoms with Crippen LogP contribution >= 0.6 is 0 Å². The van der Waals surface area contributed by atoms with Crippen LogP contribution in [0.15, 0.2) is 18.2 Å². The van der Waals surface area contributed by atoms with Gasteiger partial charge in [-0.15, -0.1) is 0 Å². The highest BCUT2D eigenvalue weighted by atomic mass is 16.5. The van der Waals surface area contributed by atoms with Crippen LogP contribution in [0.5, 0.6) is 5.75 Å². The molecule has 0 bridgehead atoms. The summed E-state index contributed by atoms with van der Waals surface area (Å²) in [5.41, 5.74) is 13.4. The van der Waals surface area contributed by atoms with Gasteiger partial charge in [0.2, 0.25) is 0 Å². The van der Waals surface area contributed by atoms with Crippen molar-refractivity contribution < 1.29 is 4.74 Å². The van der Waals surface area contributed by atoms with Crippen LogP contribution in [0.25, 0.3) is 0 Å². The van der Waals surface area contributed by atoms with E-state index in [4.69, 9.17) is 16.2 Å². The SMILES string of the molecule is COc1cc(N)ccc1N1CCC(N)C1. The largest absolute Gasteiger partial charge is 0.495 e. The van der Waals surface area contributed by atoms with Crippen LogP contribution in [0, 0.1) is 0 Å². The van der Waals surface area contributed by atoms with Gasteiger partial charge in [0, 0.05) is 30.9 Å². The van der Waals surface area contributed by atoms with Crippen molar-refractivity contribution in [2.24, 2.45) is 5.73 Å². The van der Waals surface area contributed by atoms with E-state index in [1.165, 1.54) is 0 Å². The summed E-state index contributed by atoms with van der Waals surface area (Å²) in [6.45, 7) is 1.88. The van der Waals surface area contributed by atoms with E-state index >= 15 is 0 Å². The lowest BCUT2D eigenvalue weighted by atomic mass is 10.2. The number of nitrogen functional groups attached to an aromatic ring is 1. The average molecular weight is 207 g/mol. The number of ether oxygens (including phenoxy) is 1. The van der Waals surface area contributed by atoms with Gasteiger partial charge in [-0.1, -0.05) is 0 Å². The fourth-order valence-corrected chi connectivity index (χ4v) is 1.96. The highest BCUT2D eigenvalue weighted by Crippen LogP contribution is 2.32. The third kappa shape index (κ3) is 1.99. The molecule has 82 valence electrons. The van der Waals surface area contributed by atoms with E-state index in [0.29, 0.717) is 0 Å². The van der Waals surface area contributed by atoms with Crippen LogP contribution in [0.4, 0.5) is 11.4 Å². The van der Waals surface area contributed by atoms with Gasteiger partial charge in [-0.3, -0.25) is 0 Å². The Morgan fingerprint density at radius 3 is 2.87 bits per heavy atom. The molecule has 0 saturated carbocycles. The van der Waals surface area contributed by atoms with E-state index in [-0.39, 0.29) is 6.04 Å². The first-order valence-electron chi connectivity index (χ1n) is 5.14. The first-order valence-corrected chi connectivity index (χ1v) is 5.14. The maximum atomic E-state index is 5.88. The van der Waals surface area contributed by atoms with E-state index in [0.717, 1.165) is 36.6 Å². The molecule has 15 heavy (non-hydrogen) atoms. The van der Waals surface area contributed by atoms with Gasteiger partial charge >= 0.3 is 0 Å². The van der Waals surface area contributed by atoms with Gasteiger partial charge in [-0.2, -0.15) is 0 Å². The molecule has 0 spiro atoms. The second-order valence-electron chi connectivity index (χ2n) is 3.93. The Bertz CT molecular complexity index is 354. The maximum Gasteiger partial charge on any atom is 0.144 e. The molecule has 0 aromatic heterocycles. The summed E-state index contributed by atoms with van der Waals surface area (Å²) >= 11 is 0. The van der Waals surface area contributed by atoms with Crippen molar-refractivity contribution in [3.63, 3.8) is 0 Å². The quantitative estimate of drug-likeness (QED) is 0.704. The van der Waals surface area contributed by atoms with Crippen molar-refractivity contribution in [3.8, 4) is 5.75 Å². The van der Waals surface area contributed by atoms with E-state index in [1.54, 1.807) is 7.11 Å². The molecule has 1 atom stereocenters. The lowest BCUT2D eigenvalue weighted by Gasteiger charge is -2.21. The molecule has 1 aliphatic heterocycles. The number of rotatable bonds is 2. The summed E-state index contributed by atoms with van der Waals surface area (Å²) in [6, 6.07) is 6.00. The van der Waals surface area contributed by atoms with Crippen LogP contribution in [0.2, 0.25) is 0 Å². The Balaban J connectivity index is 2.27. The van der Waals surface area contributed by atoms with E-state index in [1.807, 2.05) is 18.2 Å². The standard InChI is InChI=1S/C11H17N3O/c1-15-11-6-8(12)2-3-10(11)14-5-4-9(13)7-14/h2-3,6,9H,4-5,7,12-13H2,1H3. The number of benzene rings is 1. The second kappa shape index (κ2) is 3.98. The zero-order valence-electron chi connectivity index (χ0n) is 8.94. The molecule has 4 nitrogen and oxygen atoms in total. The van der Waals surface area contributed by atoms with Gasteiger partial charge in [-0.05, 0) is 18.6 Å². The molecule has 0 aliphatic carbocycles. The smallest absolute Gasteiger partial charge is 0.144 e. The molecule has 0 amide bonds. The van der Waals surface area contributed by atoms with Crippen LogP contribution in [-0.4, -0.2) is 26.2 Å². The average Bonchev–Trinajstić information content (AvgIpc) is 2.64. The van der Waals surface area contributed by atoms with Crippen LogP contribution in [0.1, 0.15) is 6.42 Å². The monoisotopic (exact) mass is 207 g/mol. The Labute approximate surface area is 89.8 Å². The van der Waals surface area contributed by atoms with Crippen LogP contribution in [0.3, 0.4) is 0 Å².